The molecule has 1 unspecified atom stereocenters. The number of hydrogen-bond donors (Lipinski definition) is 4. The van der Waals surface area contributed by atoms with Gasteiger partial charge in [-0.05, 0) is 77.1 Å². The number of rotatable bonds is 12. The van der Waals surface area contributed by atoms with Crippen molar-refractivity contribution >= 4 is 35.6 Å². The Labute approximate surface area is 388 Å². The number of nitrogens with one attached hydrogen (secondary N) is 4. The van der Waals surface area contributed by atoms with Crippen molar-refractivity contribution in [2.24, 2.45) is 17.8 Å². The average molecular weight is 916 g/mol. The lowest BCUT2D eigenvalue weighted by Gasteiger charge is -2.30. The molecular formula is C49H69N7O10. The van der Waals surface area contributed by atoms with Crippen LogP contribution in [0, 0.1) is 17.8 Å². The van der Waals surface area contributed by atoms with Crippen molar-refractivity contribution in [3.05, 3.63) is 71.8 Å². The van der Waals surface area contributed by atoms with Gasteiger partial charge < -0.3 is 54.9 Å². The van der Waals surface area contributed by atoms with Gasteiger partial charge >= 0.3 is 11.9 Å². The summed E-state index contributed by atoms with van der Waals surface area (Å²) in [6, 6.07) is 16.6. The van der Waals surface area contributed by atoms with Crippen molar-refractivity contribution in [2.45, 2.75) is 107 Å². The van der Waals surface area contributed by atoms with Crippen LogP contribution in [0.25, 0.3) is 0 Å². The molecule has 1 saturated carbocycles. The van der Waals surface area contributed by atoms with Crippen LogP contribution in [0.3, 0.4) is 0 Å². The van der Waals surface area contributed by atoms with Crippen LogP contribution in [0.15, 0.2) is 60.7 Å². The van der Waals surface area contributed by atoms with E-state index in [0.29, 0.717) is 25.6 Å². The predicted octanol–water partition coefficient (Wildman–Crippen LogP) is 1.08. The summed E-state index contributed by atoms with van der Waals surface area (Å²) in [5, 5.41) is 11.4. The van der Waals surface area contributed by atoms with Crippen LogP contribution in [0.2, 0.25) is 0 Å². The predicted molar refractivity (Wildman–Crippen MR) is 244 cm³/mol. The molecule has 5 fully saturated rings. The van der Waals surface area contributed by atoms with Gasteiger partial charge in [0.15, 0.2) is 0 Å². The summed E-state index contributed by atoms with van der Waals surface area (Å²) < 4.78 is 24.5. The molecule has 0 spiro atoms. The molecule has 17 heteroatoms. The smallest absolute Gasteiger partial charge is 0.306 e. The summed E-state index contributed by atoms with van der Waals surface area (Å²) in [6.07, 6.45) is 3.01. The molecule has 5 aliphatic rings. The monoisotopic (exact) mass is 916 g/mol. The highest BCUT2D eigenvalue weighted by molar-refractivity contribution is 5.91. The number of likely N-dealkylation sites (tertiary alicyclic amines) is 1. The molecule has 4 N–H and O–H groups in total. The van der Waals surface area contributed by atoms with Crippen LogP contribution in [0.1, 0.15) is 57.1 Å². The number of fused-ring (bicyclic) bond motifs is 10. The summed E-state index contributed by atoms with van der Waals surface area (Å²) in [5.74, 6) is -2.77. The lowest BCUT2D eigenvalue weighted by Crippen LogP contribution is -2.56. The summed E-state index contributed by atoms with van der Waals surface area (Å²) in [5.41, 5.74) is 2.48. The quantitative estimate of drug-likeness (QED) is 0.221. The van der Waals surface area contributed by atoms with Gasteiger partial charge in [0.2, 0.25) is 23.6 Å². The van der Waals surface area contributed by atoms with Gasteiger partial charge in [0.25, 0.3) is 0 Å². The van der Waals surface area contributed by atoms with Gasteiger partial charge in [0, 0.05) is 50.6 Å². The Bertz CT molecular complexity index is 1840. The minimum Gasteiger partial charge on any atom is -0.463 e. The molecule has 66 heavy (non-hydrogen) atoms. The van der Waals surface area contributed by atoms with Crippen LogP contribution in [0.4, 0.5) is 0 Å². The molecule has 7 rings (SSSR count). The molecule has 2 aromatic rings. The maximum atomic E-state index is 14.6. The molecule has 4 bridgehead atoms. The van der Waals surface area contributed by atoms with E-state index in [1.165, 1.54) is 11.1 Å². The van der Waals surface area contributed by atoms with E-state index in [-0.39, 0.29) is 80.5 Å². The fraction of sp³-hybridized carbons (Fsp3) is 0.633. The van der Waals surface area contributed by atoms with E-state index in [0.717, 1.165) is 38.6 Å². The number of likely N-dealkylation sites (N-methyl/N-ethyl adjacent to an activating group) is 2. The first kappa shape index (κ1) is 49.0. The first-order valence-electron chi connectivity index (χ1n) is 23.8. The number of amides is 4. The molecule has 4 amide bonds. The Kier molecular flexibility index (Phi) is 17.2. The molecular weight excluding hydrogens is 847 g/mol. The van der Waals surface area contributed by atoms with Gasteiger partial charge in [-0.25, -0.2) is 0 Å². The van der Waals surface area contributed by atoms with Gasteiger partial charge in [-0.2, -0.15) is 0 Å². The molecule has 11 atom stereocenters. The number of hydrogen-bond acceptors (Lipinski definition) is 13. The van der Waals surface area contributed by atoms with Crippen molar-refractivity contribution in [1.82, 2.24) is 36.0 Å². The Hall–Kier alpha value is -4.94. The van der Waals surface area contributed by atoms with Gasteiger partial charge in [-0.1, -0.05) is 60.7 Å². The van der Waals surface area contributed by atoms with E-state index in [1.54, 1.807) is 32.8 Å². The lowest BCUT2D eigenvalue weighted by atomic mass is 9.95. The molecule has 4 heterocycles. The molecule has 17 nitrogen and oxygen atoms in total. The maximum Gasteiger partial charge on any atom is 0.306 e. The molecule has 1 aliphatic carbocycles. The third-order valence-electron chi connectivity index (χ3n) is 14.4. The van der Waals surface area contributed by atoms with E-state index >= 15 is 0 Å². The second-order valence-corrected chi connectivity index (χ2v) is 18.6. The third kappa shape index (κ3) is 12.3. The van der Waals surface area contributed by atoms with Gasteiger partial charge in [-0.3, -0.25) is 28.8 Å². The Morgan fingerprint density at radius 2 is 1.14 bits per heavy atom. The van der Waals surface area contributed by atoms with E-state index < -0.39 is 61.1 Å². The Morgan fingerprint density at radius 1 is 0.636 bits per heavy atom. The highest BCUT2D eigenvalue weighted by Gasteiger charge is 2.53. The standard InChI is InChI=1S/C49H69N7O10/c1-31(50-3)46(59)52-38-29-65-44(57)17-18-45(58)66-30-39(53-47(60)32(2)51-4)49(62)56-28-43(37-25-54(26-41(37)56)20-19-34-13-9-6-10-14-34)64-22-21-63-42-27-55(48(38)61)40-24-35(23-36(40)42)16-15-33-11-7-5-8-12-33/h5-14,31-32,35-43,50-51H,15-30H2,1-4H3,(H,52,59)(H,53,60)/t31-,32-,35?,36-,37-,38-,39-,40+,41+,42+,43+/m0/s1. The zero-order valence-corrected chi connectivity index (χ0v) is 38.9. The summed E-state index contributed by atoms with van der Waals surface area (Å²) in [4.78, 5) is 87.9. The Morgan fingerprint density at radius 3 is 1.67 bits per heavy atom. The summed E-state index contributed by atoms with van der Waals surface area (Å²) in [6.45, 7) is 5.68. The molecule has 4 saturated heterocycles. The first-order valence-corrected chi connectivity index (χ1v) is 23.8. The number of ether oxygens (including phenoxy) is 4. The lowest BCUT2D eigenvalue weighted by molar-refractivity contribution is -0.154. The number of cyclic esters (lactones) is 2. The van der Waals surface area contributed by atoms with E-state index in [2.05, 4.69) is 50.4 Å². The second-order valence-electron chi connectivity index (χ2n) is 18.6. The zero-order valence-electron chi connectivity index (χ0n) is 38.9. The third-order valence-corrected chi connectivity index (χ3v) is 14.4. The van der Waals surface area contributed by atoms with Crippen LogP contribution >= 0.6 is 0 Å². The number of benzene rings is 2. The largest absolute Gasteiger partial charge is 0.463 e. The van der Waals surface area contributed by atoms with E-state index in [1.807, 2.05) is 41.3 Å². The first-order chi connectivity index (χ1) is 31.9. The van der Waals surface area contributed by atoms with Crippen LogP contribution < -0.4 is 21.3 Å². The summed E-state index contributed by atoms with van der Waals surface area (Å²) in [7, 11) is 3.27. The number of carbonyl (C=O) groups excluding carboxylic acids is 6. The minimum atomic E-state index is -1.19. The molecule has 2 aromatic carbocycles. The van der Waals surface area contributed by atoms with Gasteiger partial charge in [0.05, 0.1) is 56.4 Å². The Balaban J connectivity index is 1.12. The van der Waals surface area contributed by atoms with Crippen molar-refractivity contribution < 1.29 is 47.7 Å². The SMILES string of the molecule is CN[C@@H](C)C(=O)N[C@H]1COC(=O)CCC(=O)OC[C@H](NC(=O)[C@H](C)NC)C(=O)N2C[C@@H](OCCO[C@@H]3CN(C1=O)[C@@H]1CC(CCc4ccccc4)C[C@@H]13)[C@H]1CN(CCc3ccccc3)C[C@H]12. The topological polar surface area (TPSA) is 197 Å². The van der Waals surface area contributed by atoms with Gasteiger partial charge in [-0.15, -0.1) is 0 Å². The van der Waals surface area contributed by atoms with Crippen LogP contribution in [-0.4, -0.2) is 172 Å². The normalized spacial score (nSPS) is 30.0. The number of aryl methyl sites for hydroxylation is 1. The fourth-order valence-corrected chi connectivity index (χ4v) is 10.4. The summed E-state index contributed by atoms with van der Waals surface area (Å²) >= 11 is 0. The van der Waals surface area contributed by atoms with Crippen molar-refractivity contribution in [2.75, 3.05) is 73.2 Å². The highest BCUT2D eigenvalue weighted by atomic mass is 16.5. The average Bonchev–Trinajstić information content (AvgIpc) is 4.11. The zero-order chi connectivity index (χ0) is 46.7. The number of esters is 2. The van der Waals surface area contributed by atoms with E-state index in [9.17, 15) is 28.8 Å². The molecule has 0 radical (unpaired) electrons. The molecule has 0 aromatic heterocycles. The minimum absolute atomic E-state index is 0.0190. The van der Waals surface area contributed by atoms with Crippen LogP contribution in [0.5, 0.6) is 0 Å². The molecule has 360 valence electrons. The number of carbonyl (C=O) groups is 6. The molecule has 4 aliphatic heterocycles. The maximum absolute atomic E-state index is 14.6. The second kappa shape index (κ2) is 23.2. The van der Waals surface area contributed by atoms with Crippen LogP contribution in [-0.2, 0) is 60.6 Å². The van der Waals surface area contributed by atoms with Gasteiger partial charge in [0.1, 0.15) is 25.3 Å². The van der Waals surface area contributed by atoms with Crippen molar-refractivity contribution in [1.29, 1.82) is 0 Å². The highest BCUT2D eigenvalue weighted by Crippen LogP contribution is 2.44. The van der Waals surface area contributed by atoms with Crippen molar-refractivity contribution in [3.63, 3.8) is 0 Å². The van der Waals surface area contributed by atoms with Crippen molar-refractivity contribution in [3.8, 4) is 0 Å². The van der Waals surface area contributed by atoms with E-state index in [4.69, 9.17) is 18.9 Å². The number of nitrogens with zero attached hydrogens (tertiary/aromatic N) is 3. The fourth-order valence-electron chi connectivity index (χ4n) is 10.4.